The van der Waals surface area contributed by atoms with Gasteiger partial charge in [0.25, 0.3) is 0 Å². The molecule has 0 saturated carbocycles. The molecule has 0 saturated heterocycles. The van der Waals surface area contributed by atoms with E-state index < -0.39 is 0 Å². The third kappa shape index (κ3) is 4.19. The van der Waals surface area contributed by atoms with Crippen LogP contribution in [0.15, 0.2) is 46.9 Å². The van der Waals surface area contributed by atoms with Crippen molar-refractivity contribution >= 4 is 15.9 Å². The molecular formula is C19H20BrN. The number of rotatable bonds is 6. The number of hydrogen-bond acceptors (Lipinski definition) is 1. The van der Waals surface area contributed by atoms with Crippen molar-refractivity contribution in [3.63, 3.8) is 0 Å². The molecule has 0 fully saturated rings. The van der Waals surface area contributed by atoms with E-state index in [1.54, 1.807) is 0 Å². The smallest absolute Gasteiger partial charge is 0.0998 e. The zero-order valence-corrected chi connectivity index (χ0v) is 14.0. The maximum Gasteiger partial charge on any atom is 0.0998 e. The van der Waals surface area contributed by atoms with Gasteiger partial charge in [-0.1, -0.05) is 66.4 Å². The zero-order valence-electron chi connectivity index (χ0n) is 12.4. The molecule has 2 rings (SSSR count). The second-order valence-electron chi connectivity index (χ2n) is 5.27. The molecule has 0 aliphatic rings. The number of nitrogens with zero attached hydrogens (tertiary/aromatic N) is 1. The van der Waals surface area contributed by atoms with E-state index in [4.69, 9.17) is 0 Å². The summed E-state index contributed by atoms with van der Waals surface area (Å²) in [6.07, 6.45) is 6.15. The van der Waals surface area contributed by atoms with Crippen LogP contribution in [0, 0.1) is 11.3 Å². The summed E-state index contributed by atoms with van der Waals surface area (Å²) < 4.78 is 1.16. The summed E-state index contributed by atoms with van der Waals surface area (Å²) in [5, 5.41) is 9.24. The molecule has 0 aliphatic carbocycles. The van der Waals surface area contributed by atoms with Crippen LogP contribution in [0.2, 0.25) is 0 Å². The summed E-state index contributed by atoms with van der Waals surface area (Å²) >= 11 is 3.64. The predicted molar refractivity (Wildman–Crippen MR) is 92.1 cm³/mol. The molecule has 0 unspecified atom stereocenters. The number of benzene rings is 2. The summed E-state index contributed by atoms with van der Waals surface area (Å²) in [6, 6.07) is 16.5. The Hall–Kier alpha value is -1.59. The minimum absolute atomic E-state index is 0.733. The third-order valence-electron chi connectivity index (χ3n) is 3.70. The van der Waals surface area contributed by atoms with Crippen molar-refractivity contribution in [2.45, 2.75) is 39.0 Å². The molecular weight excluding hydrogens is 322 g/mol. The first-order chi connectivity index (χ1) is 10.3. The SMILES string of the molecule is CCCCCCc1cc(-c2ccccc2C#N)ccc1Br. The van der Waals surface area contributed by atoms with Gasteiger partial charge < -0.3 is 0 Å². The minimum Gasteiger partial charge on any atom is -0.192 e. The van der Waals surface area contributed by atoms with Crippen molar-refractivity contribution in [1.82, 2.24) is 0 Å². The minimum atomic E-state index is 0.733. The van der Waals surface area contributed by atoms with Crippen molar-refractivity contribution in [3.8, 4) is 17.2 Å². The largest absolute Gasteiger partial charge is 0.192 e. The monoisotopic (exact) mass is 341 g/mol. The molecule has 21 heavy (non-hydrogen) atoms. The van der Waals surface area contributed by atoms with Gasteiger partial charge in [0.2, 0.25) is 0 Å². The first-order valence-electron chi connectivity index (χ1n) is 7.54. The molecule has 0 heterocycles. The maximum absolute atomic E-state index is 9.24. The van der Waals surface area contributed by atoms with Crippen molar-refractivity contribution in [3.05, 3.63) is 58.1 Å². The van der Waals surface area contributed by atoms with Crippen LogP contribution in [0.1, 0.15) is 43.7 Å². The predicted octanol–water partition coefficient (Wildman–Crippen LogP) is 6.11. The van der Waals surface area contributed by atoms with E-state index in [9.17, 15) is 5.26 Å². The number of hydrogen-bond donors (Lipinski definition) is 0. The van der Waals surface area contributed by atoms with Gasteiger partial charge in [-0.3, -0.25) is 0 Å². The molecule has 0 radical (unpaired) electrons. The number of halogens is 1. The van der Waals surface area contributed by atoms with Gasteiger partial charge in [-0.05, 0) is 47.7 Å². The van der Waals surface area contributed by atoms with Crippen LogP contribution in [0.25, 0.3) is 11.1 Å². The summed E-state index contributed by atoms with van der Waals surface area (Å²) in [5.74, 6) is 0. The van der Waals surface area contributed by atoms with Crippen LogP contribution in [0.4, 0.5) is 0 Å². The van der Waals surface area contributed by atoms with Gasteiger partial charge in [0.05, 0.1) is 11.6 Å². The second kappa shape index (κ2) is 8.00. The molecule has 0 spiro atoms. The molecule has 0 amide bonds. The normalized spacial score (nSPS) is 10.3. The molecule has 2 heteroatoms. The number of nitriles is 1. The Morgan fingerprint density at radius 1 is 1.05 bits per heavy atom. The van der Waals surface area contributed by atoms with Crippen LogP contribution in [0.3, 0.4) is 0 Å². The molecule has 2 aromatic carbocycles. The second-order valence-corrected chi connectivity index (χ2v) is 6.13. The fourth-order valence-corrected chi connectivity index (χ4v) is 2.95. The first-order valence-corrected chi connectivity index (χ1v) is 8.33. The number of aryl methyl sites for hydroxylation is 1. The van der Waals surface area contributed by atoms with Gasteiger partial charge in [0.1, 0.15) is 0 Å². The van der Waals surface area contributed by atoms with Crippen molar-refractivity contribution in [2.24, 2.45) is 0 Å². The van der Waals surface area contributed by atoms with Gasteiger partial charge in [-0.25, -0.2) is 0 Å². The van der Waals surface area contributed by atoms with E-state index in [2.05, 4.69) is 47.1 Å². The topological polar surface area (TPSA) is 23.8 Å². The molecule has 0 aromatic heterocycles. The fourth-order valence-electron chi connectivity index (χ4n) is 2.51. The van der Waals surface area contributed by atoms with E-state index in [0.29, 0.717) is 0 Å². The first kappa shape index (κ1) is 15.8. The summed E-state index contributed by atoms with van der Waals surface area (Å²) in [6.45, 7) is 2.23. The van der Waals surface area contributed by atoms with Gasteiger partial charge in [-0.2, -0.15) is 5.26 Å². The van der Waals surface area contributed by atoms with Crippen LogP contribution < -0.4 is 0 Å². The molecule has 0 bridgehead atoms. The average Bonchev–Trinajstić information content (AvgIpc) is 2.53. The molecule has 108 valence electrons. The standard InChI is InChI=1S/C19H20BrN/c1-2-3-4-5-8-16-13-15(11-12-19(16)20)18-10-7-6-9-17(18)14-21/h6-7,9-13H,2-5,8H2,1H3. The van der Waals surface area contributed by atoms with Crippen LogP contribution in [-0.4, -0.2) is 0 Å². The summed E-state index contributed by atoms with van der Waals surface area (Å²) in [4.78, 5) is 0. The lowest BCUT2D eigenvalue weighted by Crippen LogP contribution is -1.91. The van der Waals surface area contributed by atoms with Crippen molar-refractivity contribution in [2.75, 3.05) is 0 Å². The van der Waals surface area contributed by atoms with Gasteiger partial charge >= 0.3 is 0 Å². The third-order valence-corrected chi connectivity index (χ3v) is 4.48. The highest BCUT2D eigenvalue weighted by Gasteiger charge is 2.07. The lowest BCUT2D eigenvalue weighted by molar-refractivity contribution is 0.666. The number of unbranched alkanes of at least 4 members (excludes halogenated alkanes) is 3. The van der Waals surface area contributed by atoms with Crippen LogP contribution >= 0.6 is 15.9 Å². The summed E-state index contributed by atoms with van der Waals surface area (Å²) in [5.41, 5.74) is 4.20. The molecule has 0 aliphatic heterocycles. The molecule has 1 nitrogen and oxygen atoms in total. The zero-order chi connectivity index (χ0) is 15.1. The van der Waals surface area contributed by atoms with Crippen LogP contribution in [0.5, 0.6) is 0 Å². The Kier molecular flexibility index (Phi) is 6.02. The van der Waals surface area contributed by atoms with E-state index in [-0.39, 0.29) is 0 Å². The summed E-state index contributed by atoms with van der Waals surface area (Å²) in [7, 11) is 0. The van der Waals surface area contributed by atoms with Gasteiger partial charge in [0, 0.05) is 4.47 Å². The molecule has 2 aromatic rings. The van der Waals surface area contributed by atoms with Crippen molar-refractivity contribution in [1.29, 1.82) is 5.26 Å². The lowest BCUT2D eigenvalue weighted by atomic mass is 9.97. The fraction of sp³-hybridized carbons (Fsp3) is 0.316. The van der Waals surface area contributed by atoms with Gasteiger partial charge in [-0.15, -0.1) is 0 Å². The van der Waals surface area contributed by atoms with Crippen LogP contribution in [-0.2, 0) is 6.42 Å². The quantitative estimate of drug-likeness (QED) is 0.581. The van der Waals surface area contributed by atoms with Gasteiger partial charge in [0.15, 0.2) is 0 Å². The highest BCUT2D eigenvalue weighted by molar-refractivity contribution is 9.10. The van der Waals surface area contributed by atoms with E-state index >= 15 is 0 Å². The lowest BCUT2D eigenvalue weighted by Gasteiger charge is -2.09. The Bertz CT molecular complexity index is 640. The van der Waals surface area contributed by atoms with Crippen molar-refractivity contribution < 1.29 is 0 Å². The highest BCUT2D eigenvalue weighted by atomic mass is 79.9. The average molecular weight is 342 g/mol. The Labute approximate surface area is 135 Å². The highest BCUT2D eigenvalue weighted by Crippen LogP contribution is 2.28. The Morgan fingerprint density at radius 3 is 2.62 bits per heavy atom. The van der Waals surface area contributed by atoms with E-state index in [0.717, 1.165) is 27.6 Å². The van der Waals surface area contributed by atoms with E-state index in [1.807, 2.05) is 24.3 Å². The Morgan fingerprint density at radius 2 is 1.86 bits per heavy atom. The maximum atomic E-state index is 9.24. The Balaban J connectivity index is 2.24. The van der Waals surface area contributed by atoms with E-state index in [1.165, 1.54) is 31.2 Å². The molecule has 0 N–H and O–H groups in total. The molecule has 0 atom stereocenters.